The van der Waals surface area contributed by atoms with E-state index in [9.17, 15) is 13.2 Å². The molecule has 10 heteroatoms. The third-order valence-electron chi connectivity index (χ3n) is 4.36. The van der Waals surface area contributed by atoms with E-state index in [1.807, 2.05) is 17.5 Å². The fourth-order valence-corrected chi connectivity index (χ4v) is 4.90. The van der Waals surface area contributed by atoms with Crippen LogP contribution in [-0.4, -0.2) is 36.7 Å². The number of hydrogen-bond acceptors (Lipinski definition) is 7. The fourth-order valence-electron chi connectivity index (χ4n) is 2.96. The minimum Gasteiger partial charge on any atom is -0.326 e. The smallest absolute Gasteiger partial charge is 0.262 e. The highest BCUT2D eigenvalue weighted by Gasteiger charge is 2.19. The van der Waals surface area contributed by atoms with Gasteiger partial charge < -0.3 is 5.32 Å². The van der Waals surface area contributed by atoms with Crippen molar-refractivity contribution in [1.82, 2.24) is 14.7 Å². The number of hydrogen-bond donors (Lipinski definition) is 2. The molecule has 3 heterocycles. The van der Waals surface area contributed by atoms with E-state index in [1.54, 1.807) is 24.5 Å². The number of amides is 1. The molecule has 30 heavy (non-hydrogen) atoms. The molecule has 1 amide bonds. The maximum absolute atomic E-state index is 12.5. The van der Waals surface area contributed by atoms with Gasteiger partial charge in [-0.25, -0.2) is 13.4 Å². The SMILES string of the molecule is O=C(Cc1csc(-c2cccnc2)n1)Nc1cccc(S(=O)(=O)NC2=NCCC2)c1. The molecule has 1 aliphatic rings. The summed E-state index contributed by atoms with van der Waals surface area (Å²) in [6.07, 6.45) is 4.95. The van der Waals surface area contributed by atoms with Gasteiger partial charge in [0.2, 0.25) is 5.91 Å². The van der Waals surface area contributed by atoms with Crippen molar-refractivity contribution in [2.45, 2.75) is 24.2 Å². The topological polar surface area (TPSA) is 113 Å². The predicted octanol–water partition coefficient (Wildman–Crippen LogP) is 2.86. The number of rotatable bonds is 6. The average Bonchev–Trinajstić information content (AvgIpc) is 3.41. The summed E-state index contributed by atoms with van der Waals surface area (Å²) >= 11 is 1.44. The normalized spacial score (nSPS) is 13.7. The van der Waals surface area contributed by atoms with Gasteiger partial charge in [-0.3, -0.25) is 19.5 Å². The molecule has 0 spiro atoms. The number of aliphatic imine (C=N–C) groups is 1. The van der Waals surface area contributed by atoms with Gasteiger partial charge in [0.25, 0.3) is 10.0 Å². The lowest BCUT2D eigenvalue weighted by molar-refractivity contribution is -0.115. The van der Waals surface area contributed by atoms with E-state index in [-0.39, 0.29) is 17.2 Å². The van der Waals surface area contributed by atoms with E-state index in [0.717, 1.165) is 17.0 Å². The number of thiazole rings is 1. The predicted molar refractivity (Wildman–Crippen MR) is 116 cm³/mol. The van der Waals surface area contributed by atoms with Gasteiger partial charge in [0.15, 0.2) is 0 Å². The van der Waals surface area contributed by atoms with Crippen molar-refractivity contribution >= 4 is 38.8 Å². The number of nitrogens with zero attached hydrogens (tertiary/aromatic N) is 3. The maximum atomic E-state index is 12.5. The number of nitrogens with one attached hydrogen (secondary N) is 2. The van der Waals surface area contributed by atoms with E-state index in [4.69, 9.17) is 0 Å². The average molecular weight is 442 g/mol. The van der Waals surface area contributed by atoms with Gasteiger partial charge in [-0.2, -0.15) is 0 Å². The summed E-state index contributed by atoms with van der Waals surface area (Å²) in [5.74, 6) is 0.193. The van der Waals surface area contributed by atoms with Gasteiger partial charge in [0.1, 0.15) is 10.8 Å². The Hall–Kier alpha value is -3.11. The molecule has 0 unspecified atom stereocenters. The van der Waals surface area contributed by atoms with E-state index in [2.05, 4.69) is 25.0 Å². The third kappa shape index (κ3) is 4.89. The molecule has 1 aromatic carbocycles. The molecule has 0 atom stereocenters. The highest BCUT2D eigenvalue weighted by molar-refractivity contribution is 7.90. The molecular weight excluding hydrogens is 422 g/mol. The molecule has 0 fully saturated rings. The van der Waals surface area contributed by atoms with Crippen LogP contribution in [0.4, 0.5) is 5.69 Å². The summed E-state index contributed by atoms with van der Waals surface area (Å²) in [6, 6.07) is 9.88. The lowest BCUT2D eigenvalue weighted by Gasteiger charge is -2.10. The highest BCUT2D eigenvalue weighted by atomic mass is 32.2. The van der Waals surface area contributed by atoms with Crippen molar-refractivity contribution in [2.75, 3.05) is 11.9 Å². The number of benzene rings is 1. The van der Waals surface area contributed by atoms with Crippen molar-refractivity contribution in [1.29, 1.82) is 0 Å². The summed E-state index contributed by atoms with van der Waals surface area (Å²) < 4.78 is 27.6. The molecule has 4 rings (SSSR count). The molecule has 0 aliphatic carbocycles. The number of amidine groups is 1. The Morgan fingerprint density at radius 2 is 2.10 bits per heavy atom. The van der Waals surface area contributed by atoms with Gasteiger partial charge in [0.05, 0.1) is 17.0 Å². The number of pyridine rings is 1. The maximum Gasteiger partial charge on any atom is 0.262 e. The van der Waals surface area contributed by atoms with Gasteiger partial charge in [-0.1, -0.05) is 6.07 Å². The van der Waals surface area contributed by atoms with Crippen LogP contribution in [0.3, 0.4) is 0 Å². The summed E-state index contributed by atoms with van der Waals surface area (Å²) in [5.41, 5.74) is 1.94. The second-order valence-electron chi connectivity index (χ2n) is 6.68. The first-order chi connectivity index (χ1) is 14.5. The number of carbonyl (C=O) groups excluding carboxylic acids is 1. The monoisotopic (exact) mass is 441 g/mol. The molecule has 2 aromatic heterocycles. The highest BCUT2D eigenvalue weighted by Crippen LogP contribution is 2.23. The number of carbonyl (C=O) groups is 1. The first-order valence-electron chi connectivity index (χ1n) is 9.30. The van der Waals surface area contributed by atoms with Crippen molar-refractivity contribution in [3.8, 4) is 10.6 Å². The number of aromatic nitrogens is 2. The first kappa shape index (κ1) is 20.2. The van der Waals surface area contributed by atoms with Crippen LogP contribution < -0.4 is 10.0 Å². The van der Waals surface area contributed by atoms with Crippen LogP contribution in [0.25, 0.3) is 10.6 Å². The Kier molecular flexibility index (Phi) is 5.86. The summed E-state index contributed by atoms with van der Waals surface area (Å²) in [7, 11) is -3.74. The van der Waals surface area contributed by atoms with Crippen molar-refractivity contribution < 1.29 is 13.2 Å². The minimum atomic E-state index is -3.74. The molecule has 0 saturated carbocycles. The molecular formula is C20H19N5O3S2. The largest absolute Gasteiger partial charge is 0.326 e. The van der Waals surface area contributed by atoms with Gasteiger partial charge in [-0.05, 0) is 36.8 Å². The van der Waals surface area contributed by atoms with Crippen molar-refractivity contribution in [2.24, 2.45) is 4.99 Å². The van der Waals surface area contributed by atoms with Crippen LogP contribution in [0.15, 0.2) is 64.1 Å². The summed E-state index contributed by atoms with van der Waals surface area (Å²) in [4.78, 5) is 25.2. The van der Waals surface area contributed by atoms with Gasteiger partial charge >= 0.3 is 0 Å². The van der Waals surface area contributed by atoms with Gasteiger partial charge in [-0.15, -0.1) is 11.3 Å². The van der Waals surface area contributed by atoms with Crippen LogP contribution in [-0.2, 0) is 21.2 Å². The first-order valence-corrected chi connectivity index (χ1v) is 11.7. The Labute approximate surface area is 178 Å². The van der Waals surface area contributed by atoms with Crippen LogP contribution in [0, 0.1) is 0 Å². The second kappa shape index (κ2) is 8.72. The van der Waals surface area contributed by atoms with Crippen molar-refractivity contribution in [3.63, 3.8) is 0 Å². The Bertz CT molecular complexity index is 1190. The van der Waals surface area contributed by atoms with Gasteiger partial charge in [0, 0.05) is 42.0 Å². The standard InChI is InChI=1S/C20H19N5O3S2/c26-19(11-16-13-29-20(24-16)14-4-2-8-21-12-14)23-15-5-1-6-17(10-15)30(27,28)25-18-7-3-9-22-18/h1-2,4-6,8,10,12-13H,3,7,9,11H2,(H,22,25)(H,23,26). The van der Waals surface area contributed by atoms with Crippen LogP contribution in [0.2, 0.25) is 0 Å². The molecule has 8 nitrogen and oxygen atoms in total. The van der Waals surface area contributed by atoms with E-state index in [0.29, 0.717) is 30.2 Å². The lowest BCUT2D eigenvalue weighted by atomic mass is 10.2. The molecule has 0 radical (unpaired) electrons. The fraction of sp³-hybridized carbons (Fsp3) is 0.200. The molecule has 0 saturated heterocycles. The zero-order valence-electron chi connectivity index (χ0n) is 15.9. The molecule has 154 valence electrons. The third-order valence-corrected chi connectivity index (χ3v) is 6.68. The number of sulfonamides is 1. The van der Waals surface area contributed by atoms with Crippen LogP contribution >= 0.6 is 11.3 Å². The quantitative estimate of drug-likeness (QED) is 0.611. The van der Waals surface area contributed by atoms with Crippen LogP contribution in [0.1, 0.15) is 18.5 Å². The Morgan fingerprint density at radius 3 is 2.87 bits per heavy atom. The Balaban J connectivity index is 1.41. The summed E-state index contributed by atoms with van der Waals surface area (Å²) in [5, 5.41) is 5.36. The molecule has 2 N–H and O–H groups in total. The van der Waals surface area contributed by atoms with E-state index >= 15 is 0 Å². The minimum absolute atomic E-state index is 0.0717. The van der Waals surface area contributed by atoms with Crippen molar-refractivity contribution in [3.05, 3.63) is 59.9 Å². The molecule has 0 bridgehead atoms. The van der Waals surface area contributed by atoms with Crippen LogP contribution in [0.5, 0.6) is 0 Å². The van der Waals surface area contributed by atoms with E-state index < -0.39 is 10.0 Å². The molecule has 3 aromatic rings. The zero-order valence-corrected chi connectivity index (χ0v) is 17.5. The summed E-state index contributed by atoms with van der Waals surface area (Å²) in [6.45, 7) is 0.632. The molecule has 1 aliphatic heterocycles. The lowest BCUT2D eigenvalue weighted by Crippen LogP contribution is -2.29. The Morgan fingerprint density at radius 1 is 1.20 bits per heavy atom. The second-order valence-corrected chi connectivity index (χ2v) is 9.22. The van der Waals surface area contributed by atoms with E-state index in [1.165, 1.54) is 23.5 Å². The zero-order chi connectivity index (χ0) is 21.0. The number of anilines is 1.